The van der Waals surface area contributed by atoms with Gasteiger partial charge in [0.1, 0.15) is 0 Å². The Kier molecular flexibility index (Phi) is 2.50. The van der Waals surface area contributed by atoms with E-state index >= 15 is 0 Å². The Balaban J connectivity index is 2.27. The van der Waals surface area contributed by atoms with Crippen molar-refractivity contribution in [3.8, 4) is 0 Å². The molecule has 0 aromatic heterocycles. The van der Waals surface area contributed by atoms with Gasteiger partial charge in [-0.2, -0.15) is 0 Å². The summed E-state index contributed by atoms with van der Waals surface area (Å²) in [7, 11) is 0. The fraction of sp³-hybridized carbons (Fsp3) is 0.400. The molecular formula is C10H11Cl2N. The van der Waals surface area contributed by atoms with E-state index in [1.165, 1.54) is 0 Å². The van der Waals surface area contributed by atoms with Gasteiger partial charge >= 0.3 is 0 Å². The fourth-order valence-corrected chi connectivity index (χ4v) is 2.14. The van der Waals surface area contributed by atoms with E-state index in [9.17, 15) is 0 Å². The van der Waals surface area contributed by atoms with Crippen LogP contribution in [0.5, 0.6) is 0 Å². The lowest BCUT2D eigenvalue weighted by Crippen LogP contribution is -2.02. The lowest BCUT2D eigenvalue weighted by molar-refractivity contribution is 0.810. The molecule has 1 fully saturated rings. The maximum atomic E-state index is 6.08. The van der Waals surface area contributed by atoms with Crippen molar-refractivity contribution in [2.45, 2.75) is 12.3 Å². The van der Waals surface area contributed by atoms with Crippen LogP contribution in [-0.2, 0) is 0 Å². The minimum atomic E-state index is 0.538. The molecule has 0 unspecified atom stereocenters. The summed E-state index contributed by atoms with van der Waals surface area (Å²) in [4.78, 5) is 0. The Morgan fingerprint density at radius 1 is 1.38 bits per heavy atom. The van der Waals surface area contributed by atoms with Crippen LogP contribution in [0.25, 0.3) is 0 Å². The van der Waals surface area contributed by atoms with Gasteiger partial charge in [0, 0.05) is 0 Å². The summed E-state index contributed by atoms with van der Waals surface area (Å²) in [5.74, 6) is 1.15. The number of rotatable bonds is 2. The average molecular weight is 216 g/mol. The van der Waals surface area contributed by atoms with Gasteiger partial charge in [0.15, 0.2) is 0 Å². The second-order valence-electron chi connectivity index (χ2n) is 3.48. The lowest BCUT2D eigenvalue weighted by atomic mass is 10.1. The lowest BCUT2D eigenvalue weighted by Gasteiger charge is -2.03. The third-order valence-corrected chi connectivity index (χ3v) is 3.44. The number of benzene rings is 1. The molecule has 0 radical (unpaired) electrons. The highest BCUT2D eigenvalue weighted by Crippen LogP contribution is 2.49. The molecule has 1 nitrogen and oxygen atoms in total. The molecule has 2 rings (SSSR count). The van der Waals surface area contributed by atoms with E-state index in [0.717, 1.165) is 18.5 Å². The molecule has 13 heavy (non-hydrogen) atoms. The van der Waals surface area contributed by atoms with E-state index in [-0.39, 0.29) is 0 Å². The van der Waals surface area contributed by atoms with Crippen molar-refractivity contribution in [2.24, 2.45) is 11.7 Å². The summed E-state index contributed by atoms with van der Waals surface area (Å²) < 4.78 is 0. The molecule has 2 atom stereocenters. The van der Waals surface area contributed by atoms with Gasteiger partial charge < -0.3 is 5.73 Å². The summed E-state index contributed by atoms with van der Waals surface area (Å²) >= 11 is 12.0. The Morgan fingerprint density at radius 3 is 2.77 bits per heavy atom. The van der Waals surface area contributed by atoms with Gasteiger partial charge in [-0.15, -0.1) is 0 Å². The predicted octanol–water partition coefficient (Wildman–Crippen LogP) is 3.06. The monoisotopic (exact) mass is 215 g/mol. The first-order valence-electron chi connectivity index (χ1n) is 4.38. The molecule has 0 amide bonds. The third-order valence-electron chi connectivity index (χ3n) is 2.61. The van der Waals surface area contributed by atoms with E-state index in [4.69, 9.17) is 28.9 Å². The van der Waals surface area contributed by atoms with Crippen LogP contribution in [-0.4, -0.2) is 6.54 Å². The fourth-order valence-electron chi connectivity index (χ4n) is 1.70. The zero-order chi connectivity index (χ0) is 9.42. The van der Waals surface area contributed by atoms with Crippen LogP contribution in [0, 0.1) is 5.92 Å². The maximum Gasteiger partial charge on any atom is 0.0627 e. The van der Waals surface area contributed by atoms with E-state index < -0.39 is 0 Å². The van der Waals surface area contributed by atoms with Crippen molar-refractivity contribution in [3.63, 3.8) is 0 Å². The molecule has 3 heteroatoms. The van der Waals surface area contributed by atoms with E-state index in [1.54, 1.807) is 0 Å². The van der Waals surface area contributed by atoms with Crippen molar-refractivity contribution >= 4 is 23.2 Å². The molecule has 1 aromatic rings. The Labute approximate surface area is 87.8 Å². The summed E-state index contributed by atoms with van der Waals surface area (Å²) in [5, 5.41) is 1.34. The quantitative estimate of drug-likeness (QED) is 0.807. The second kappa shape index (κ2) is 3.49. The highest BCUT2D eigenvalue weighted by molar-refractivity contribution is 6.42. The van der Waals surface area contributed by atoms with Gasteiger partial charge in [-0.1, -0.05) is 35.3 Å². The van der Waals surface area contributed by atoms with Gasteiger partial charge in [0.05, 0.1) is 10.0 Å². The molecule has 1 aliphatic carbocycles. The zero-order valence-electron chi connectivity index (χ0n) is 7.13. The van der Waals surface area contributed by atoms with Crippen LogP contribution in [0.1, 0.15) is 17.9 Å². The third kappa shape index (κ3) is 1.69. The number of halogens is 2. The van der Waals surface area contributed by atoms with Crippen LogP contribution in [0.3, 0.4) is 0 Å². The van der Waals surface area contributed by atoms with E-state index in [2.05, 4.69) is 0 Å². The number of nitrogens with two attached hydrogens (primary N) is 1. The zero-order valence-corrected chi connectivity index (χ0v) is 8.65. The number of hydrogen-bond acceptors (Lipinski definition) is 1. The van der Waals surface area contributed by atoms with Gasteiger partial charge in [-0.25, -0.2) is 0 Å². The van der Waals surface area contributed by atoms with Gasteiger partial charge in [0.25, 0.3) is 0 Å². The van der Waals surface area contributed by atoms with Crippen molar-refractivity contribution in [2.75, 3.05) is 6.54 Å². The Bertz CT molecular complexity index is 325. The van der Waals surface area contributed by atoms with Crippen LogP contribution >= 0.6 is 23.2 Å². The molecular weight excluding hydrogens is 205 g/mol. The largest absolute Gasteiger partial charge is 0.330 e. The summed E-state index contributed by atoms with van der Waals surface area (Å²) in [6, 6.07) is 5.79. The highest BCUT2D eigenvalue weighted by Gasteiger charge is 2.38. The van der Waals surface area contributed by atoms with Gasteiger partial charge in [-0.3, -0.25) is 0 Å². The summed E-state index contributed by atoms with van der Waals surface area (Å²) in [6.45, 7) is 0.744. The highest BCUT2D eigenvalue weighted by atomic mass is 35.5. The molecule has 2 N–H and O–H groups in total. The Morgan fingerprint density at radius 2 is 2.15 bits per heavy atom. The first-order valence-corrected chi connectivity index (χ1v) is 5.13. The topological polar surface area (TPSA) is 26.0 Å². The van der Waals surface area contributed by atoms with E-state index in [1.807, 2.05) is 18.2 Å². The first-order chi connectivity index (χ1) is 6.24. The molecule has 1 aromatic carbocycles. The molecule has 0 heterocycles. The van der Waals surface area contributed by atoms with Crippen LogP contribution < -0.4 is 5.73 Å². The van der Waals surface area contributed by atoms with E-state index in [0.29, 0.717) is 21.9 Å². The molecule has 0 bridgehead atoms. The number of hydrogen-bond donors (Lipinski definition) is 1. The maximum absolute atomic E-state index is 6.08. The minimum absolute atomic E-state index is 0.538. The standard InChI is InChI=1S/C10H11Cl2N/c11-9-3-1-2-7(10(9)12)8-4-6(8)5-13/h1-3,6,8H,4-5,13H2/t6-,8-/m1/s1. The van der Waals surface area contributed by atoms with Crippen LogP contribution in [0.4, 0.5) is 0 Å². The van der Waals surface area contributed by atoms with Crippen molar-refractivity contribution in [1.82, 2.24) is 0 Å². The molecule has 1 saturated carbocycles. The summed E-state index contributed by atoms with van der Waals surface area (Å²) in [6.07, 6.45) is 1.15. The van der Waals surface area contributed by atoms with Crippen molar-refractivity contribution in [3.05, 3.63) is 33.8 Å². The average Bonchev–Trinajstić information content (AvgIpc) is 2.89. The smallest absolute Gasteiger partial charge is 0.0627 e. The SMILES string of the molecule is NC[C@H]1C[C@H]1c1cccc(Cl)c1Cl. The van der Waals surface area contributed by atoms with Crippen molar-refractivity contribution < 1.29 is 0 Å². The van der Waals surface area contributed by atoms with Crippen LogP contribution in [0.2, 0.25) is 10.0 Å². The van der Waals surface area contributed by atoms with Crippen LogP contribution in [0.15, 0.2) is 18.2 Å². The molecule has 1 aliphatic rings. The van der Waals surface area contributed by atoms with Crippen molar-refractivity contribution in [1.29, 1.82) is 0 Å². The normalized spacial score (nSPS) is 26.1. The van der Waals surface area contributed by atoms with Gasteiger partial charge in [-0.05, 0) is 36.4 Å². The second-order valence-corrected chi connectivity index (χ2v) is 4.27. The molecule has 0 aliphatic heterocycles. The Hall–Kier alpha value is -0.240. The van der Waals surface area contributed by atoms with Gasteiger partial charge in [0.2, 0.25) is 0 Å². The molecule has 0 saturated heterocycles. The minimum Gasteiger partial charge on any atom is -0.330 e. The first kappa shape index (κ1) is 9.32. The predicted molar refractivity (Wildman–Crippen MR) is 56.4 cm³/mol. The molecule has 70 valence electrons. The summed E-state index contributed by atoms with van der Waals surface area (Å²) in [5.41, 5.74) is 6.73. The molecule has 0 spiro atoms.